The summed E-state index contributed by atoms with van der Waals surface area (Å²) in [4.78, 5) is 29.6. The van der Waals surface area contributed by atoms with Gasteiger partial charge in [0, 0.05) is 55.3 Å². The van der Waals surface area contributed by atoms with Gasteiger partial charge in [0.05, 0.1) is 16.5 Å². The molecule has 2 N–H and O–H groups in total. The number of fused-ring (bicyclic) bond motifs is 1. The van der Waals surface area contributed by atoms with E-state index in [1.807, 2.05) is 64.4 Å². The lowest BCUT2D eigenvalue weighted by atomic mass is 9.39. The predicted molar refractivity (Wildman–Crippen MR) is 219 cm³/mol. The van der Waals surface area contributed by atoms with Crippen LogP contribution < -0.4 is 10.2 Å². The molecule has 0 spiro atoms. The summed E-state index contributed by atoms with van der Waals surface area (Å²) in [5.41, 5.74) is 6.36. The van der Waals surface area contributed by atoms with Crippen LogP contribution in [0.5, 0.6) is 0 Å². The van der Waals surface area contributed by atoms with Crippen molar-refractivity contribution < 1.29 is 14.6 Å². The summed E-state index contributed by atoms with van der Waals surface area (Å²) in [5.74, 6) is 0.247. The number of aliphatic hydroxyl groups is 1. The van der Waals surface area contributed by atoms with Gasteiger partial charge in [0.2, 0.25) is 0 Å². The number of aliphatic hydroxyl groups excluding tert-OH is 1. The standard InChI is InChI=1S/C43H53N7O3S/c1-10-13-31(38(52)48-39-47-37-34(54-39)14-12-17-44-37)33(27(3)4)19-49(11-2)35-16-15-30(36(46-35)29(6)51)32-18-45-50(28(32)5)26-42-21-40(7)20-41(8,22-42)24-43(23-40,25-42)53-9/h10,12-18,51H,3,6,11,19-26H2,1-2,4-5,7-9H3,(H,44,47,48,52)/b13-10-,33-31+. The van der Waals surface area contributed by atoms with E-state index in [9.17, 15) is 9.90 Å². The van der Waals surface area contributed by atoms with E-state index in [0.29, 0.717) is 41.0 Å². The highest BCUT2D eigenvalue weighted by Gasteiger charge is 2.66. The van der Waals surface area contributed by atoms with Crippen LogP contribution in [0.4, 0.5) is 10.9 Å². The Morgan fingerprint density at radius 3 is 2.46 bits per heavy atom. The van der Waals surface area contributed by atoms with Crippen molar-refractivity contribution >= 4 is 44.3 Å². The molecule has 0 radical (unpaired) electrons. The minimum Gasteiger partial charge on any atom is -0.506 e. The number of hydrogen-bond donors (Lipinski definition) is 2. The van der Waals surface area contributed by atoms with E-state index in [0.717, 1.165) is 58.5 Å². The highest BCUT2D eigenvalue weighted by Crippen LogP contribution is 2.72. The van der Waals surface area contributed by atoms with E-state index in [1.165, 1.54) is 30.6 Å². The normalized spacial score (nSPS) is 26.4. The van der Waals surface area contributed by atoms with Gasteiger partial charge in [-0.25, -0.2) is 9.97 Å². The molecular formula is C43H53N7O3S. The maximum atomic E-state index is 13.8. The maximum absolute atomic E-state index is 13.8. The zero-order chi connectivity index (χ0) is 38.6. The zero-order valence-electron chi connectivity index (χ0n) is 32.8. The van der Waals surface area contributed by atoms with Crippen LogP contribution in [0.15, 0.2) is 78.7 Å². The Bertz CT molecular complexity index is 2160. The van der Waals surface area contributed by atoms with E-state index in [4.69, 9.17) is 14.8 Å². The van der Waals surface area contributed by atoms with Crippen molar-refractivity contribution in [1.82, 2.24) is 24.7 Å². The number of methoxy groups -OCH3 is 1. The molecule has 0 saturated heterocycles. The number of aromatic nitrogens is 5. The first-order valence-corrected chi connectivity index (χ1v) is 19.7. The first kappa shape index (κ1) is 37.7. The molecular weight excluding hydrogens is 695 g/mol. The first-order valence-electron chi connectivity index (χ1n) is 18.9. The Kier molecular flexibility index (Phi) is 9.71. The number of ether oxygens (including phenoxy) is 1. The molecule has 4 aromatic rings. The van der Waals surface area contributed by atoms with Crippen LogP contribution in [-0.2, 0) is 16.1 Å². The quantitative estimate of drug-likeness (QED) is 0.0789. The molecule has 4 saturated carbocycles. The number of likely N-dealkylation sites (N-methyl/N-ethyl adjacent to an activating group) is 1. The minimum absolute atomic E-state index is 0.0560. The summed E-state index contributed by atoms with van der Waals surface area (Å²) in [6.45, 7) is 22.8. The number of rotatable bonds is 13. The van der Waals surface area contributed by atoms with E-state index in [2.05, 4.69) is 58.8 Å². The molecule has 0 aliphatic heterocycles. The van der Waals surface area contributed by atoms with Gasteiger partial charge in [-0.3, -0.25) is 14.8 Å². The Labute approximate surface area is 322 Å². The van der Waals surface area contributed by atoms with Crippen LogP contribution >= 0.6 is 11.3 Å². The number of thiazole rings is 1. The first-order chi connectivity index (χ1) is 25.6. The number of hydrogen-bond acceptors (Lipinski definition) is 9. The molecule has 284 valence electrons. The van der Waals surface area contributed by atoms with E-state index >= 15 is 0 Å². The van der Waals surface area contributed by atoms with Crippen molar-refractivity contribution in [2.75, 3.05) is 30.4 Å². The number of nitrogens with one attached hydrogen (secondary N) is 1. The fraction of sp³-hybridized carbons (Fsp3) is 0.465. The number of carbonyl (C=O) groups is 1. The van der Waals surface area contributed by atoms with Crippen molar-refractivity contribution in [2.45, 2.75) is 92.2 Å². The molecule has 10 nitrogen and oxygen atoms in total. The fourth-order valence-electron chi connectivity index (χ4n) is 10.9. The van der Waals surface area contributed by atoms with E-state index in [-0.39, 0.29) is 33.5 Å². The molecule has 4 aliphatic rings. The molecule has 2 atom stereocenters. The Balaban J connectivity index is 1.17. The number of allylic oxidation sites excluding steroid dienone is 1. The summed E-state index contributed by atoms with van der Waals surface area (Å²) < 4.78 is 9.38. The smallest absolute Gasteiger partial charge is 0.257 e. The highest BCUT2D eigenvalue weighted by molar-refractivity contribution is 7.22. The monoisotopic (exact) mass is 747 g/mol. The third-order valence-corrected chi connectivity index (χ3v) is 12.9. The summed E-state index contributed by atoms with van der Waals surface area (Å²) in [5, 5.41) is 19.4. The zero-order valence-corrected chi connectivity index (χ0v) is 33.6. The molecule has 2 unspecified atom stereocenters. The van der Waals surface area contributed by atoms with Gasteiger partial charge in [-0.1, -0.05) is 56.1 Å². The molecule has 54 heavy (non-hydrogen) atoms. The van der Waals surface area contributed by atoms with Gasteiger partial charge < -0.3 is 14.7 Å². The molecule has 4 fully saturated rings. The lowest BCUT2D eigenvalue weighted by Gasteiger charge is -2.69. The van der Waals surface area contributed by atoms with Crippen LogP contribution in [0.25, 0.3) is 27.2 Å². The van der Waals surface area contributed by atoms with Gasteiger partial charge in [-0.15, -0.1) is 0 Å². The summed E-state index contributed by atoms with van der Waals surface area (Å²) >= 11 is 1.38. The third-order valence-electron chi connectivity index (χ3n) is 12.0. The Hall–Kier alpha value is -4.61. The fourth-order valence-corrected chi connectivity index (χ4v) is 11.7. The minimum atomic E-state index is -0.282. The lowest BCUT2D eigenvalue weighted by Crippen LogP contribution is -2.64. The summed E-state index contributed by atoms with van der Waals surface area (Å²) in [6, 6.07) is 7.74. The molecule has 1 amide bonds. The molecule has 4 heterocycles. The van der Waals surface area contributed by atoms with Crippen LogP contribution in [0, 0.1) is 23.2 Å². The van der Waals surface area contributed by atoms with Crippen LogP contribution in [-0.4, -0.2) is 61.5 Å². The van der Waals surface area contributed by atoms with Crippen molar-refractivity contribution in [3.05, 3.63) is 90.1 Å². The Morgan fingerprint density at radius 2 is 1.83 bits per heavy atom. The van der Waals surface area contributed by atoms with Crippen LogP contribution in [0.1, 0.15) is 84.5 Å². The van der Waals surface area contributed by atoms with E-state index in [1.54, 1.807) is 12.3 Å². The Morgan fingerprint density at radius 1 is 1.09 bits per heavy atom. The van der Waals surface area contributed by atoms with Crippen LogP contribution in [0.3, 0.4) is 0 Å². The van der Waals surface area contributed by atoms with Gasteiger partial charge in [-0.2, -0.15) is 10.1 Å². The molecule has 4 aliphatic carbocycles. The number of anilines is 2. The van der Waals surface area contributed by atoms with Crippen molar-refractivity contribution in [2.24, 2.45) is 16.2 Å². The van der Waals surface area contributed by atoms with Gasteiger partial charge in [0.25, 0.3) is 5.91 Å². The highest BCUT2D eigenvalue weighted by atomic mass is 32.1. The van der Waals surface area contributed by atoms with Gasteiger partial charge >= 0.3 is 0 Å². The molecule has 0 aromatic carbocycles. The SMILES string of the molecule is C=C(C)/C(CN(CC)c1ccc(-c2cnn(CC34CC5(C)CC(C)(C3)CC(OC)(C5)C4)c2C)c(C(=C)O)n1)=C(\C=C/C)C(=O)Nc1nc2ncccc2s1. The van der Waals surface area contributed by atoms with Crippen molar-refractivity contribution in [3.63, 3.8) is 0 Å². The molecule has 11 heteroatoms. The predicted octanol–water partition coefficient (Wildman–Crippen LogP) is 9.47. The van der Waals surface area contributed by atoms with Gasteiger partial charge in [0.15, 0.2) is 10.8 Å². The molecule has 8 rings (SSSR count). The van der Waals surface area contributed by atoms with Gasteiger partial charge in [0.1, 0.15) is 17.3 Å². The molecule has 4 bridgehead atoms. The lowest BCUT2D eigenvalue weighted by molar-refractivity contribution is -0.239. The average molecular weight is 748 g/mol. The maximum Gasteiger partial charge on any atom is 0.257 e. The van der Waals surface area contributed by atoms with Crippen molar-refractivity contribution in [1.29, 1.82) is 0 Å². The second kappa shape index (κ2) is 13.9. The summed E-state index contributed by atoms with van der Waals surface area (Å²) in [6.07, 6.45) is 14.2. The molecule has 4 aromatic heterocycles. The number of amides is 1. The number of pyridine rings is 2. The number of nitrogens with zero attached hydrogens (tertiary/aromatic N) is 6. The van der Waals surface area contributed by atoms with Crippen molar-refractivity contribution in [3.8, 4) is 11.1 Å². The third kappa shape index (κ3) is 6.92. The number of carbonyl (C=O) groups excluding carboxylic acids is 1. The van der Waals surface area contributed by atoms with E-state index < -0.39 is 0 Å². The topological polar surface area (TPSA) is 118 Å². The largest absolute Gasteiger partial charge is 0.506 e. The second-order valence-corrected chi connectivity index (χ2v) is 17.9. The van der Waals surface area contributed by atoms with Gasteiger partial charge in [-0.05, 0) is 112 Å². The second-order valence-electron chi connectivity index (χ2n) is 16.9. The average Bonchev–Trinajstić information content (AvgIpc) is 3.67. The van der Waals surface area contributed by atoms with Crippen LogP contribution in [0.2, 0.25) is 0 Å². The summed E-state index contributed by atoms with van der Waals surface area (Å²) in [7, 11) is 1.90.